The highest BCUT2D eigenvalue weighted by Crippen LogP contribution is 2.36. The minimum Gasteiger partial charge on any atom is -0.482 e. The topological polar surface area (TPSA) is 101 Å². The van der Waals surface area contributed by atoms with Crippen LogP contribution in [0.3, 0.4) is 0 Å². The van der Waals surface area contributed by atoms with Crippen molar-refractivity contribution in [3.63, 3.8) is 0 Å². The average Bonchev–Trinajstić information content (AvgIpc) is 3.43. The van der Waals surface area contributed by atoms with Crippen LogP contribution in [0.5, 0.6) is 5.75 Å². The second kappa shape index (κ2) is 8.88. The quantitative estimate of drug-likeness (QED) is 0.470. The lowest BCUT2D eigenvalue weighted by atomic mass is 9.92. The number of ether oxygens (including phenoxy) is 1. The Morgan fingerprint density at radius 1 is 1.21 bits per heavy atom. The van der Waals surface area contributed by atoms with Gasteiger partial charge in [0, 0.05) is 23.0 Å². The third-order valence-electron chi connectivity index (χ3n) is 6.53. The van der Waals surface area contributed by atoms with E-state index in [2.05, 4.69) is 21.3 Å². The maximum Gasteiger partial charge on any atom is 0.148 e. The molecule has 1 aliphatic carbocycles. The molecule has 0 radical (unpaired) electrons. The Balaban J connectivity index is 1.56. The molecule has 1 aliphatic rings. The van der Waals surface area contributed by atoms with Gasteiger partial charge in [-0.2, -0.15) is 15.5 Å². The molecular weight excluding hydrogens is 435 g/mol. The van der Waals surface area contributed by atoms with E-state index >= 15 is 0 Å². The molecule has 0 aromatic carbocycles. The van der Waals surface area contributed by atoms with Gasteiger partial charge in [-0.3, -0.25) is 9.67 Å². The third kappa shape index (κ3) is 3.90. The van der Waals surface area contributed by atoms with E-state index in [1.54, 1.807) is 16.8 Å². The molecule has 1 saturated carbocycles. The molecule has 5 rings (SSSR count). The highest BCUT2D eigenvalue weighted by atomic mass is 19.1. The molecule has 34 heavy (non-hydrogen) atoms. The second-order valence-corrected chi connectivity index (χ2v) is 8.72. The van der Waals surface area contributed by atoms with Gasteiger partial charge < -0.3 is 9.84 Å². The van der Waals surface area contributed by atoms with Gasteiger partial charge in [0.1, 0.15) is 34.8 Å². The number of pyridine rings is 2. The molecule has 8 nitrogen and oxygen atoms in total. The summed E-state index contributed by atoms with van der Waals surface area (Å²) in [4.78, 5) is 4.12. The van der Waals surface area contributed by atoms with Crippen LogP contribution in [0.1, 0.15) is 61.7 Å². The van der Waals surface area contributed by atoms with Gasteiger partial charge in [0.25, 0.3) is 0 Å². The molecule has 1 fully saturated rings. The Morgan fingerprint density at radius 2 is 2.03 bits per heavy atom. The van der Waals surface area contributed by atoms with Crippen molar-refractivity contribution in [2.45, 2.75) is 57.8 Å². The SMILES string of the molecule is Cc1c(-c2cc(O[C@H](C)c3ccc(F)cn3)c3c(C#N)cnn3c2)cnn1C1CCCCC1O. The smallest absolute Gasteiger partial charge is 0.148 e. The summed E-state index contributed by atoms with van der Waals surface area (Å²) in [6, 6.07) is 6.90. The van der Waals surface area contributed by atoms with Crippen molar-refractivity contribution in [1.29, 1.82) is 5.26 Å². The lowest BCUT2D eigenvalue weighted by molar-refractivity contribution is 0.0684. The summed E-state index contributed by atoms with van der Waals surface area (Å²) in [6.45, 7) is 3.81. The molecule has 1 N–H and O–H groups in total. The second-order valence-electron chi connectivity index (χ2n) is 8.72. The summed E-state index contributed by atoms with van der Waals surface area (Å²) < 4.78 is 23.1. The molecular formula is C25H25FN6O2. The third-order valence-corrected chi connectivity index (χ3v) is 6.53. The molecule has 3 atom stereocenters. The number of hydrogen-bond acceptors (Lipinski definition) is 6. The first-order valence-electron chi connectivity index (χ1n) is 11.4. The minimum atomic E-state index is -0.484. The highest BCUT2D eigenvalue weighted by Gasteiger charge is 2.27. The van der Waals surface area contributed by atoms with E-state index in [1.165, 1.54) is 12.3 Å². The summed E-state index contributed by atoms with van der Waals surface area (Å²) in [5.74, 6) is 0.0495. The number of rotatable bonds is 5. The van der Waals surface area contributed by atoms with Gasteiger partial charge in [0.15, 0.2) is 0 Å². The van der Waals surface area contributed by atoms with Gasteiger partial charge in [-0.25, -0.2) is 8.91 Å². The maximum atomic E-state index is 13.3. The van der Waals surface area contributed by atoms with Gasteiger partial charge in [-0.05, 0) is 44.9 Å². The first-order chi connectivity index (χ1) is 16.5. The van der Waals surface area contributed by atoms with E-state index in [9.17, 15) is 14.8 Å². The normalized spacial score (nSPS) is 19.1. The monoisotopic (exact) mass is 460 g/mol. The van der Waals surface area contributed by atoms with Crippen LogP contribution in [-0.4, -0.2) is 35.6 Å². The zero-order valence-corrected chi connectivity index (χ0v) is 19.0. The molecule has 4 aromatic heterocycles. The van der Waals surface area contributed by atoms with Crippen molar-refractivity contribution in [3.8, 4) is 22.9 Å². The molecule has 0 amide bonds. The van der Waals surface area contributed by atoms with Gasteiger partial charge >= 0.3 is 0 Å². The Kier molecular flexibility index (Phi) is 5.75. The molecule has 0 spiro atoms. The van der Waals surface area contributed by atoms with Crippen LogP contribution in [0.15, 0.2) is 43.0 Å². The summed E-state index contributed by atoms with van der Waals surface area (Å²) in [6.07, 6.45) is 9.17. The van der Waals surface area contributed by atoms with E-state index in [-0.39, 0.29) is 6.04 Å². The van der Waals surface area contributed by atoms with Crippen LogP contribution in [-0.2, 0) is 0 Å². The zero-order valence-electron chi connectivity index (χ0n) is 19.0. The number of aliphatic hydroxyl groups is 1. The molecule has 4 heterocycles. The van der Waals surface area contributed by atoms with Crippen molar-refractivity contribution < 1.29 is 14.2 Å². The number of aromatic nitrogens is 5. The number of nitrogens with zero attached hydrogens (tertiary/aromatic N) is 6. The Bertz CT molecular complexity index is 1370. The van der Waals surface area contributed by atoms with E-state index in [0.717, 1.165) is 48.7 Å². The Morgan fingerprint density at radius 3 is 2.76 bits per heavy atom. The molecule has 2 unspecified atom stereocenters. The molecule has 0 bridgehead atoms. The summed E-state index contributed by atoms with van der Waals surface area (Å²) >= 11 is 0. The van der Waals surface area contributed by atoms with Crippen LogP contribution in [0, 0.1) is 24.1 Å². The van der Waals surface area contributed by atoms with Gasteiger partial charge in [0.05, 0.1) is 36.4 Å². The van der Waals surface area contributed by atoms with Crippen LogP contribution < -0.4 is 4.74 Å². The Hall–Kier alpha value is -3.77. The predicted octanol–water partition coefficient (Wildman–Crippen LogP) is 4.53. The van der Waals surface area contributed by atoms with E-state index in [0.29, 0.717) is 22.5 Å². The van der Waals surface area contributed by atoms with Gasteiger partial charge in [-0.15, -0.1) is 0 Å². The van der Waals surface area contributed by atoms with Crippen molar-refractivity contribution >= 4 is 5.52 Å². The minimum absolute atomic E-state index is 0.0404. The lowest BCUT2D eigenvalue weighted by Crippen LogP contribution is -2.28. The van der Waals surface area contributed by atoms with Crippen LogP contribution in [0.2, 0.25) is 0 Å². The van der Waals surface area contributed by atoms with Crippen LogP contribution >= 0.6 is 0 Å². The van der Waals surface area contributed by atoms with Gasteiger partial charge in [0.2, 0.25) is 0 Å². The molecule has 4 aromatic rings. The summed E-state index contributed by atoms with van der Waals surface area (Å²) in [7, 11) is 0. The fourth-order valence-electron chi connectivity index (χ4n) is 4.70. The van der Waals surface area contributed by atoms with Crippen molar-refractivity contribution in [1.82, 2.24) is 24.4 Å². The van der Waals surface area contributed by atoms with Crippen LogP contribution in [0.4, 0.5) is 4.39 Å². The fraction of sp³-hybridized carbons (Fsp3) is 0.360. The summed E-state index contributed by atoms with van der Waals surface area (Å²) in [5.41, 5.74) is 4.16. The van der Waals surface area contributed by atoms with E-state index in [4.69, 9.17) is 4.74 Å². The predicted molar refractivity (Wildman–Crippen MR) is 123 cm³/mol. The van der Waals surface area contributed by atoms with Gasteiger partial charge in [-0.1, -0.05) is 12.8 Å². The molecule has 174 valence electrons. The van der Waals surface area contributed by atoms with Crippen molar-refractivity contribution in [2.24, 2.45) is 0 Å². The highest BCUT2D eigenvalue weighted by molar-refractivity contribution is 5.76. The number of nitriles is 1. The number of fused-ring (bicyclic) bond motifs is 1. The number of hydrogen-bond donors (Lipinski definition) is 1. The standard InChI is InChI=1S/C25H25FN6O2/c1-15-20(13-30-32(15)22-5-3-4-6-23(22)33)17-9-24(25-18(10-27)11-29-31(25)14-17)34-16(2)21-8-7-19(26)12-28-21/h7-9,11-14,16,22-23,33H,3-6H2,1-2H3/t16-,22?,23?/m1/s1. The number of aliphatic hydroxyl groups excluding tert-OH is 1. The molecule has 0 saturated heterocycles. The fourth-order valence-corrected chi connectivity index (χ4v) is 4.70. The largest absolute Gasteiger partial charge is 0.482 e. The first kappa shape index (κ1) is 22.0. The van der Waals surface area contributed by atoms with E-state index < -0.39 is 18.0 Å². The molecule has 9 heteroatoms. The van der Waals surface area contributed by atoms with Crippen molar-refractivity contribution in [3.05, 3.63) is 65.8 Å². The average molecular weight is 461 g/mol. The number of halogens is 1. The molecule has 0 aliphatic heterocycles. The maximum absolute atomic E-state index is 13.3. The summed E-state index contributed by atoms with van der Waals surface area (Å²) in [5, 5.41) is 29.0. The Labute approximate surface area is 196 Å². The zero-order chi connectivity index (χ0) is 23.8. The van der Waals surface area contributed by atoms with Crippen LogP contribution in [0.25, 0.3) is 16.6 Å². The van der Waals surface area contributed by atoms with Crippen molar-refractivity contribution in [2.75, 3.05) is 0 Å². The first-order valence-corrected chi connectivity index (χ1v) is 11.4. The lowest BCUT2D eigenvalue weighted by Gasteiger charge is -2.28. The van der Waals surface area contributed by atoms with E-state index in [1.807, 2.05) is 30.8 Å².